The van der Waals surface area contributed by atoms with Crippen LogP contribution in [0, 0.1) is 24.6 Å². The van der Waals surface area contributed by atoms with Crippen molar-refractivity contribution < 1.29 is 1.37 Å². The van der Waals surface area contributed by atoms with Gasteiger partial charge < -0.3 is 0 Å². The fourth-order valence-corrected chi connectivity index (χ4v) is 10.5. The van der Waals surface area contributed by atoms with Crippen LogP contribution in [0.2, 0.25) is 0 Å². The summed E-state index contributed by atoms with van der Waals surface area (Å²) in [5.74, 6) is 3.49. The number of fused-ring (bicyclic) bond motifs is 2. The Balaban J connectivity index is 1.37. The van der Waals surface area contributed by atoms with Crippen LogP contribution in [0.3, 0.4) is 0 Å². The van der Waals surface area contributed by atoms with E-state index in [2.05, 4.69) is 134 Å². The van der Waals surface area contributed by atoms with Gasteiger partial charge in [0.05, 0.1) is 0 Å². The van der Waals surface area contributed by atoms with Gasteiger partial charge in [-0.25, -0.2) is 0 Å². The van der Waals surface area contributed by atoms with Crippen LogP contribution < -0.4 is 22.3 Å². The maximum absolute atomic E-state index is 8.76. The Kier molecular flexibility index (Phi) is 7.68. The predicted octanol–water partition coefficient (Wildman–Crippen LogP) is 4.26. The van der Waals surface area contributed by atoms with Gasteiger partial charge in [-0.3, -0.25) is 0 Å². The van der Waals surface area contributed by atoms with E-state index < -0.39 is 0 Å². The van der Waals surface area contributed by atoms with Crippen LogP contribution in [-0.4, -0.2) is 44.9 Å². The standard InChI is InChI=1S/C36H26Se3/c1-25-15-19-30(20-16-25)38-33-13-5-9-27-7-3-8-29(35(27)33)23-24-37-32-12-4-10-28-11-6-14-34(36(28)32)39-31-21-17-26(2)18-22-31/h3-22H,1-2H3/i8D. The molecule has 0 amide bonds. The van der Waals surface area contributed by atoms with E-state index in [0.717, 1.165) is 16.3 Å². The van der Waals surface area contributed by atoms with Crippen molar-refractivity contribution in [3.63, 3.8) is 0 Å². The summed E-state index contributed by atoms with van der Waals surface area (Å²) in [6.45, 7) is 4.26. The Morgan fingerprint density at radius 1 is 0.538 bits per heavy atom. The summed E-state index contributed by atoms with van der Waals surface area (Å²) in [7, 11) is 0. The summed E-state index contributed by atoms with van der Waals surface area (Å²) in [5, 5.41) is 4.93. The monoisotopic (exact) mass is 699 g/mol. The first-order valence-corrected chi connectivity index (χ1v) is 17.9. The zero-order chi connectivity index (χ0) is 27.5. The number of aryl methyl sites for hydroxylation is 2. The minimum absolute atomic E-state index is 0.0371. The second kappa shape index (κ2) is 12.0. The zero-order valence-electron chi connectivity index (χ0n) is 22.7. The SMILES string of the molecule is [2H]c1ccc2cccc([Se]c3ccc(C)cc3)c2c1C#C[Se]c1cccc2cccc([Se]c3ccc(C)cc3)c12. The van der Waals surface area contributed by atoms with Crippen molar-refractivity contribution in [1.29, 1.82) is 0 Å². The number of hydrogen-bond donors (Lipinski definition) is 0. The van der Waals surface area contributed by atoms with Crippen molar-refractivity contribution in [1.82, 2.24) is 0 Å². The predicted molar refractivity (Wildman–Crippen MR) is 173 cm³/mol. The third-order valence-electron chi connectivity index (χ3n) is 6.46. The summed E-state index contributed by atoms with van der Waals surface area (Å²) in [4.78, 5) is 3.55. The van der Waals surface area contributed by atoms with Gasteiger partial charge in [-0.2, -0.15) is 0 Å². The maximum atomic E-state index is 8.76. The van der Waals surface area contributed by atoms with Gasteiger partial charge in [-0.1, -0.05) is 0 Å². The van der Waals surface area contributed by atoms with Gasteiger partial charge in [0, 0.05) is 0 Å². The summed E-state index contributed by atoms with van der Waals surface area (Å²) in [6.07, 6.45) is 0. The van der Waals surface area contributed by atoms with Crippen LogP contribution in [0.25, 0.3) is 21.5 Å². The van der Waals surface area contributed by atoms with Crippen LogP contribution in [0.15, 0.2) is 121 Å². The molecule has 0 radical (unpaired) electrons. The molecule has 6 aromatic carbocycles. The summed E-state index contributed by atoms with van der Waals surface area (Å²) in [5.41, 5.74) is 3.42. The van der Waals surface area contributed by atoms with Crippen molar-refractivity contribution in [3.8, 4) is 10.7 Å². The van der Waals surface area contributed by atoms with Crippen LogP contribution >= 0.6 is 0 Å². The molecule has 0 saturated heterocycles. The molecule has 0 heterocycles. The third kappa shape index (κ3) is 6.09. The normalized spacial score (nSPS) is 11.3. The molecule has 0 bridgehead atoms. The van der Waals surface area contributed by atoms with Gasteiger partial charge in [0.15, 0.2) is 0 Å². The Morgan fingerprint density at radius 2 is 1.03 bits per heavy atom. The van der Waals surface area contributed by atoms with Crippen LogP contribution in [0.1, 0.15) is 18.1 Å². The van der Waals surface area contributed by atoms with Crippen LogP contribution in [0.5, 0.6) is 0 Å². The van der Waals surface area contributed by atoms with E-state index in [9.17, 15) is 0 Å². The second-order valence-corrected chi connectivity index (χ2v) is 15.8. The quantitative estimate of drug-likeness (QED) is 0.187. The van der Waals surface area contributed by atoms with Crippen molar-refractivity contribution in [2.24, 2.45) is 0 Å². The van der Waals surface area contributed by atoms with Crippen molar-refractivity contribution in [2.45, 2.75) is 13.8 Å². The van der Waals surface area contributed by atoms with Crippen molar-refractivity contribution in [2.75, 3.05) is 0 Å². The molecule has 39 heavy (non-hydrogen) atoms. The molecule has 0 fully saturated rings. The van der Waals surface area contributed by atoms with Gasteiger partial charge >= 0.3 is 253 Å². The van der Waals surface area contributed by atoms with Crippen LogP contribution in [0.4, 0.5) is 0 Å². The first-order chi connectivity index (χ1) is 19.5. The summed E-state index contributed by atoms with van der Waals surface area (Å²) < 4.78 is 15.5. The summed E-state index contributed by atoms with van der Waals surface area (Å²) in [6, 6.07) is 41.9. The Morgan fingerprint density at radius 3 is 1.62 bits per heavy atom. The molecular weight excluding hydrogens is 669 g/mol. The second-order valence-electron chi connectivity index (χ2n) is 9.34. The Bertz CT molecular complexity index is 1890. The van der Waals surface area contributed by atoms with E-state index in [4.69, 9.17) is 1.37 Å². The van der Waals surface area contributed by atoms with Gasteiger partial charge in [-0.05, 0) is 0 Å². The molecule has 0 aromatic heterocycles. The molecule has 0 saturated carbocycles. The Hall–Kier alpha value is -3.04. The van der Waals surface area contributed by atoms with E-state index in [1.54, 1.807) is 0 Å². The zero-order valence-corrected chi connectivity index (χ0v) is 26.8. The molecule has 188 valence electrons. The topological polar surface area (TPSA) is 0 Å². The molecule has 0 unspecified atom stereocenters. The van der Waals surface area contributed by atoms with Gasteiger partial charge in [0.25, 0.3) is 0 Å². The fraction of sp³-hybridized carbons (Fsp3) is 0.0556. The molecule has 0 atom stereocenters. The first kappa shape index (κ1) is 25.0. The molecule has 0 aliphatic carbocycles. The van der Waals surface area contributed by atoms with Crippen molar-refractivity contribution >= 4 is 88.7 Å². The Labute approximate surface area is 251 Å². The molecule has 6 rings (SSSR count). The third-order valence-corrected chi connectivity index (χ3v) is 12.5. The summed E-state index contributed by atoms with van der Waals surface area (Å²) >= 11 is 0.333. The number of benzene rings is 6. The van der Waals surface area contributed by atoms with Gasteiger partial charge in [0.2, 0.25) is 0 Å². The fourth-order valence-electron chi connectivity index (χ4n) is 4.47. The van der Waals surface area contributed by atoms with Crippen molar-refractivity contribution in [3.05, 3.63) is 138 Å². The molecule has 0 spiro atoms. The molecule has 6 aromatic rings. The molecule has 0 aliphatic rings. The van der Waals surface area contributed by atoms with E-state index in [1.807, 2.05) is 6.07 Å². The average molecular weight is 696 g/mol. The number of rotatable bonds is 5. The molecule has 0 N–H and O–H groups in total. The minimum atomic E-state index is -0.0371. The van der Waals surface area contributed by atoms with Crippen LogP contribution in [-0.2, 0) is 0 Å². The van der Waals surface area contributed by atoms with E-state index in [0.29, 0.717) is 6.04 Å². The van der Waals surface area contributed by atoms with E-state index >= 15 is 0 Å². The molecular formula is C36H26Se3. The van der Waals surface area contributed by atoms with E-state index in [1.165, 1.54) is 44.2 Å². The average Bonchev–Trinajstić information content (AvgIpc) is 2.97. The molecule has 3 heteroatoms. The molecule has 0 aliphatic heterocycles. The first-order valence-electron chi connectivity index (χ1n) is 13.3. The number of hydrogen-bond acceptors (Lipinski definition) is 0. The van der Waals surface area contributed by atoms with E-state index in [-0.39, 0.29) is 44.9 Å². The molecule has 0 nitrogen and oxygen atoms in total. The van der Waals surface area contributed by atoms with Gasteiger partial charge in [-0.15, -0.1) is 0 Å². The van der Waals surface area contributed by atoms with Gasteiger partial charge in [0.1, 0.15) is 0 Å².